The number of alkyl halides is 3. The lowest BCUT2D eigenvalue weighted by molar-refractivity contribution is -0.344. The third kappa shape index (κ3) is 4.56. The van der Waals surface area contributed by atoms with Gasteiger partial charge in [0.1, 0.15) is 0 Å². The lowest BCUT2D eigenvalue weighted by Gasteiger charge is -2.32. The Hall–Kier alpha value is -1.37. The molecule has 21 heavy (non-hydrogen) atoms. The van der Waals surface area contributed by atoms with Crippen molar-refractivity contribution in [1.82, 2.24) is 9.97 Å². The van der Waals surface area contributed by atoms with Crippen LogP contribution in [0.5, 0.6) is 0 Å². The Balaban J connectivity index is 1.93. The van der Waals surface area contributed by atoms with Gasteiger partial charge in [0.2, 0.25) is 5.95 Å². The largest absolute Gasteiger partial charge is 0.522 e. The van der Waals surface area contributed by atoms with Gasteiger partial charge in [-0.3, -0.25) is 4.74 Å². The topological polar surface area (TPSA) is 38.2 Å². The molecule has 0 bridgehead atoms. The van der Waals surface area contributed by atoms with Crippen molar-refractivity contribution in [2.24, 2.45) is 0 Å². The molecule has 1 saturated heterocycles. The number of hydrogen-bond acceptors (Lipinski definition) is 4. The first-order valence-corrected chi connectivity index (χ1v) is 6.97. The summed E-state index contributed by atoms with van der Waals surface area (Å²) in [5, 5.41) is 0. The second-order valence-corrected chi connectivity index (χ2v) is 6.27. The molecule has 7 heteroatoms. The van der Waals surface area contributed by atoms with E-state index in [4.69, 9.17) is 0 Å². The lowest BCUT2D eigenvalue weighted by atomic mass is 9.89. The van der Waals surface area contributed by atoms with E-state index in [-0.39, 0.29) is 5.41 Å². The fourth-order valence-corrected chi connectivity index (χ4v) is 2.23. The molecule has 4 nitrogen and oxygen atoms in total. The van der Waals surface area contributed by atoms with E-state index in [1.165, 1.54) is 0 Å². The Morgan fingerprint density at radius 1 is 1.10 bits per heavy atom. The van der Waals surface area contributed by atoms with Gasteiger partial charge in [-0.25, -0.2) is 9.97 Å². The molecule has 0 amide bonds. The van der Waals surface area contributed by atoms with Crippen LogP contribution in [0.2, 0.25) is 0 Å². The number of nitrogens with zero attached hydrogens (tertiary/aromatic N) is 3. The summed E-state index contributed by atoms with van der Waals surface area (Å²) in [6.45, 7) is 7.16. The van der Waals surface area contributed by atoms with E-state index in [0.717, 1.165) is 5.56 Å². The summed E-state index contributed by atoms with van der Waals surface area (Å²) in [5.74, 6) is 0.563. The van der Waals surface area contributed by atoms with E-state index in [1.54, 1.807) is 12.4 Å². The fourth-order valence-electron chi connectivity index (χ4n) is 2.23. The molecule has 0 radical (unpaired) electrons. The summed E-state index contributed by atoms with van der Waals surface area (Å²) in [7, 11) is 0. The second-order valence-electron chi connectivity index (χ2n) is 6.27. The van der Waals surface area contributed by atoms with Crippen LogP contribution >= 0.6 is 0 Å². The van der Waals surface area contributed by atoms with Crippen molar-refractivity contribution in [3.63, 3.8) is 0 Å². The van der Waals surface area contributed by atoms with Crippen LogP contribution in [0.4, 0.5) is 19.1 Å². The molecule has 1 aliphatic rings. The monoisotopic (exact) mass is 303 g/mol. The SMILES string of the molecule is CC(C)(C)c1cnc(N2CCC(OC(F)(F)F)CC2)nc1. The van der Waals surface area contributed by atoms with Crippen molar-refractivity contribution in [1.29, 1.82) is 0 Å². The molecule has 1 aromatic heterocycles. The van der Waals surface area contributed by atoms with Crippen LogP contribution in [0, 0.1) is 0 Å². The smallest absolute Gasteiger partial charge is 0.341 e. The van der Waals surface area contributed by atoms with Crippen LogP contribution in [0.3, 0.4) is 0 Å². The van der Waals surface area contributed by atoms with Gasteiger partial charge in [0.15, 0.2) is 0 Å². The Morgan fingerprint density at radius 2 is 1.62 bits per heavy atom. The molecule has 118 valence electrons. The molecule has 1 aromatic rings. The highest BCUT2D eigenvalue weighted by molar-refractivity contribution is 5.32. The number of rotatable bonds is 2. The van der Waals surface area contributed by atoms with Gasteiger partial charge in [-0.1, -0.05) is 20.8 Å². The first-order chi connectivity index (χ1) is 9.65. The zero-order chi connectivity index (χ0) is 15.7. The second kappa shape index (κ2) is 5.79. The van der Waals surface area contributed by atoms with Gasteiger partial charge < -0.3 is 4.90 Å². The molecule has 2 rings (SSSR count). The quantitative estimate of drug-likeness (QED) is 0.840. The maximum Gasteiger partial charge on any atom is 0.522 e. The summed E-state index contributed by atoms with van der Waals surface area (Å²) < 4.78 is 40.5. The molecule has 0 spiro atoms. The van der Waals surface area contributed by atoms with Crippen LogP contribution in [0.25, 0.3) is 0 Å². The van der Waals surface area contributed by atoms with E-state index in [2.05, 4.69) is 35.5 Å². The van der Waals surface area contributed by atoms with Crippen LogP contribution in [0.15, 0.2) is 12.4 Å². The summed E-state index contributed by atoms with van der Waals surface area (Å²) >= 11 is 0. The minimum atomic E-state index is -4.56. The van der Waals surface area contributed by atoms with E-state index < -0.39 is 12.5 Å². The van der Waals surface area contributed by atoms with Gasteiger partial charge in [-0.05, 0) is 23.8 Å². The third-order valence-corrected chi connectivity index (χ3v) is 3.53. The van der Waals surface area contributed by atoms with E-state index in [9.17, 15) is 13.2 Å². The van der Waals surface area contributed by atoms with Gasteiger partial charge in [0.05, 0.1) is 6.10 Å². The van der Waals surface area contributed by atoms with Crippen molar-refractivity contribution in [3.8, 4) is 0 Å². The summed E-state index contributed by atoms with van der Waals surface area (Å²) in [6, 6.07) is 0. The highest BCUT2D eigenvalue weighted by Crippen LogP contribution is 2.26. The van der Waals surface area contributed by atoms with Crippen LogP contribution in [-0.2, 0) is 10.2 Å². The maximum atomic E-state index is 12.2. The highest BCUT2D eigenvalue weighted by Gasteiger charge is 2.35. The van der Waals surface area contributed by atoms with Gasteiger partial charge in [-0.15, -0.1) is 13.2 Å². The lowest BCUT2D eigenvalue weighted by Crippen LogP contribution is -2.40. The Bertz CT molecular complexity index is 460. The maximum absolute atomic E-state index is 12.2. The molecule has 1 fully saturated rings. The molecule has 0 saturated carbocycles. The zero-order valence-corrected chi connectivity index (χ0v) is 12.4. The van der Waals surface area contributed by atoms with Crippen LogP contribution in [-0.4, -0.2) is 35.5 Å². The van der Waals surface area contributed by atoms with Gasteiger partial charge in [0.25, 0.3) is 0 Å². The zero-order valence-electron chi connectivity index (χ0n) is 12.4. The number of anilines is 1. The highest BCUT2D eigenvalue weighted by atomic mass is 19.4. The van der Waals surface area contributed by atoms with Crippen molar-refractivity contribution in [3.05, 3.63) is 18.0 Å². The predicted octanol–water partition coefficient (Wildman–Crippen LogP) is 3.28. The molecule has 0 aromatic carbocycles. The molecular weight excluding hydrogens is 283 g/mol. The van der Waals surface area contributed by atoms with Gasteiger partial charge in [0, 0.05) is 25.5 Å². The molecule has 0 unspecified atom stereocenters. The van der Waals surface area contributed by atoms with Crippen LogP contribution in [0.1, 0.15) is 39.2 Å². The predicted molar refractivity (Wildman–Crippen MR) is 73.1 cm³/mol. The summed E-state index contributed by atoms with van der Waals surface area (Å²) in [6.07, 6.45) is -1.12. The minimum absolute atomic E-state index is 0.0218. The first-order valence-electron chi connectivity index (χ1n) is 6.97. The molecule has 2 heterocycles. The first kappa shape index (κ1) is 16.0. The van der Waals surface area contributed by atoms with Crippen LogP contribution < -0.4 is 4.90 Å². The number of hydrogen-bond donors (Lipinski definition) is 0. The Labute approximate surface area is 122 Å². The van der Waals surface area contributed by atoms with Crippen molar-refractivity contribution in [2.75, 3.05) is 18.0 Å². The van der Waals surface area contributed by atoms with E-state index in [0.29, 0.717) is 31.9 Å². The Kier molecular flexibility index (Phi) is 4.41. The molecule has 0 aliphatic carbocycles. The standard InChI is InChI=1S/C14H20F3N3O/c1-13(2,3)10-8-18-12(19-9-10)20-6-4-11(5-7-20)21-14(15,16)17/h8-9,11H,4-7H2,1-3H3. The number of aromatic nitrogens is 2. The molecule has 0 N–H and O–H groups in total. The van der Waals surface area contributed by atoms with Crippen molar-refractivity contribution in [2.45, 2.75) is 51.5 Å². The average Bonchev–Trinajstić information content (AvgIpc) is 2.37. The molecular formula is C14H20F3N3O. The van der Waals surface area contributed by atoms with Gasteiger partial charge >= 0.3 is 6.36 Å². The summed E-state index contributed by atoms with van der Waals surface area (Å²) in [4.78, 5) is 10.5. The van der Waals surface area contributed by atoms with E-state index in [1.807, 2.05) is 4.90 Å². The normalized spacial score (nSPS) is 18.1. The molecule has 1 aliphatic heterocycles. The van der Waals surface area contributed by atoms with Crippen molar-refractivity contribution < 1.29 is 17.9 Å². The van der Waals surface area contributed by atoms with Crippen molar-refractivity contribution >= 4 is 5.95 Å². The van der Waals surface area contributed by atoms with Gasteiger partial charge in [-0.2, -0.15) is 0 Å². The fraction of sp³-hybridized carbons (Fsp3) is 0.714. The number of ether oxygens (including phenoxy) is 1. The molecule has 0 atom stereocenters. The van der Waals surface area contributed by atoms with E-state index >= 15 is 0 Å². The third-order valence-electron chi connectivity index (χ3n) is 3.53. The minimum Gasteiger partial charge on any atom is -0.341 e. The Morgan fingerprint density at radius 3 is 2.05 bits per heavy atom. The number of piperidine rings is 1. The number of halogens is 3. The summed E-state index contributed by atoms with van der Waals surface area (Å²) in [5.41, 5.74) is 1.01. The average molecular weight is 303 g/mol.